The van der Waals surface area contributed by atoms with Crippen LogP contribution >= 0.6 is 0 Å². The monoisotopic (exact) mass is 172 g/mol. The molecule has 70 valence electrons. The highest BCUT2D eigenvalue weighted by molar-refractivity contribution is 5.80. The van der Waals surface area contributed by atoms with Crippen LogP contribution in [0.3, 0.4) is 0 Å². The van der Waals surface area contributed by atoms with Crippen molar-refractivity contribution in [2.75, 3.05) is 26.8 Å². The molecule has 0 rings (SSSR count). The van der Waals surface area contributed by atoms with E-state index in [9.17, 15) is 9.59 Å². The van der Waals surface area contributed by atoms with E-state index in [4.69, 9.17) is 0 Å². The van der Waals surface area contributed by atoms with Crippen LogP contribution < -0.4 is 5.32 Å². The van der Waals surface area contributed by atoms with Gasteiger partial charge in [0.15, 0.2) is 0 Å². The van der Waals surface area contributed by atoms with Gasteiger partial charge < -0.3 is 5.32 Å². The van der Waals surface area contributed by atoms with E-state index in [-0.39, 0.29) is 11.6 Å². The van der Waals surface area contributed by atoms with Crippen LogP contribution in [0.1, 0.15) is 13.8 Å². The summed E-state index contributed by atoms with van der Waals surface area (Å²) in [7, 11) is 1.78. The fourth-order valence-electron chi connectivity index (χ4n) is 1.02. The number of Topliss-reactive ketones (excluding diaryl/α,β-unsaturated/α-hetero) is 2. The Bertz CT molecular complexity index is 152. The lowest BCUT2D eigenvalue weighted by atomic mass is 10.3. The van der Waals surface area contributed by atoms with Gasteiger partial charge in [-0.3, -0.25) is 14.5 Å². The number of rotatable bonds is 6. The lowest BCUT2D eigenvalue weighted by Crippen LogP contribution is -2.38. The van der Waals surface area contributed by atoms with Crippen molar-refractivity contribution in [2.45, 2.75) is 13.8 Å². The molecule has 0 aromatic rings. The van der Waals surface area contributed by atoms with Crippen molar-refractivity contribution < 1.29 is 9.59 Å². The minimum absolute atomic E-state index is 0.0755. The van der Waals surface area contributed by atoms with E-state index >= 15 is 0 Å². The molecule has 4 heteroatoms. The summed E-state index contributed by atoms with van der Waals surface area (Å²) in [6.07, 6.45) is 0. The molecule has 4 nitrogen and oxygen atoms in total. The molecule has 1 N–H and O–H groups in total. The van der Waals surface area contributed by atoms with Gasteiger partial charge in [0, 0.05) is 6.67 Å². The average Bonchev–Trinajstić information content (AvgIpc) is 1.84. The van der Waals surface area contributed by atoms with E-state index in [1.807, 2.05) is 0 Å². The Hall–Kier alpha value is -0.740. The van der Waals surface area contributed by atoms with Crippen molar-refractivity contribution in [1.29, 1.82) is 0 Å². The Morgan fingerprint density at radius 1 is 1.17 bits per heavy atom. The maximum Gasteiger partial charge on any atom is 0.143 e. The molecule has 0 spiro atoms. The first kappa shape index (κ1) is 11.3. The zero-order valence-corrected chi connectivity index (χ0v) is 7.89. The summed E-state index contributed by atoms with van der Waals surface area (Å²) in [5.74, 6) is 0.151. The molecule has 0 heterocycles. The maximum absolute atomic E-state index is 10.7. The Balaban J connectivity index is 3.85. The number of carbonyl (C=O) groups excluding carboxylic acids is 2. The fraction of sp³-hybridized carbons (Fsp3) is 0.750. The molecule has 0 aliphatic rings. The predicted molar refractivity (Wildman–Crippen MR) is 46.9 cm³/mol. The van der Waals surface area contributed by atoms with Gasteiger partial charge in [-0.15, -0.1) is 0 Å². The summed E-state index contributed by atoms with van der Waals surface area (Å²) in [6, 6.07) is 0. The molecule has 0 radical (unpaired) electrons. The van der Waals surface area contributed by atoms with E-state index in [1.54, 1.807) is 11.9 Å². The third-order valence-electron chi connectivity index (χ3n) is 1.27. The van der Waals surface area contributed by atoms with Crippen LogP contribution in [0.2, 0.25) is 0 Å². The van der Waals surface area contributed by atoms with Gasteiger partial charge in [-0.2, -0.15) is 0 Å². The molecule has 0 unspecified atom stereocenters. The van der Waals surface area contributed by atoms with Crippen LogP contribution in [0.4, 0.5) is 0 Å². The minimum atomic E-state index is 0.0755. The zero-order valence-electron chi connectivity index (χ0n) is 7.89. The Morgan fingerprint density at radius 2 is 1.58 bits per heavy atom. The lowest BCUT2D eigenvalue weighted by molar-refractivity contribution is -0.120. The molecule has 0 aromatic heterocycles. The Kier molecular flexibility index (Phi) is 5.49. The lowest BCUT2D eigenvalue weighted by Gasteiger charge is -2.18. The molecule has 0 amide bonds. The van der Waals surface area contributed by atoms with Crippen LogP contribution in [0.5, 0.6) is 0 Å². The second kappa shape index (κ2) is 5.85. The number of hydrogen-bond acceptors (Lipinski definition) is 4. The van der Waals surface area contributed by atoms with Crippen LogP contribution in [-0.2, 0) is 9.59 Å². The minimum Gasteiger partial charge on any atom is -0.307 e. The summed E-state index contributed by atoms with van der Waals surface area (Å²) in [5.41, 5.74) is 0. The second-order valence-corrected chi connectivity index (χ2v) is 2.90. The molecule has 0 aliphatic carbocycles. The Labute approximate surface area is 72.9 Å². The largest absolute Gasteiger partial charge is 0.307 e. The zero-order chi connectivity index (χ0) is 9.56. The van der Waals surface area contributed by atoms with Crippen molar-refractivity contribution >= 4 is 11.6 Å². The highest BCUT2D eigenvalue weighted by atomic mass is 16.1. The molecule has 0 aliphatic heterocycles. The summed E-state index contributed by atoms with van der Waals surface area (Å²) in [6.45, 7) is 4.27. The van der Waals surface area contributed by atoms with Crippen molar-refractivity contribution in [3.8, 4) is 0 Å². The number of hydrogen-bond donors (Lipinski definition) is 1. The SMILES string of the molecule is CNCN(CC(C)=O)CC(C)=O. The molecular weight excluding hydrogens is 156 g/mol. The summed E-state index contributed by atoms with van der Waals surface area (Å²) < 4.78 is 0. The smallest absolute Gasteiger partial charge is 0.143 e. The average molecular weight is 172 g/mol. The first-order valence-electron chi connectivity index (χ1n) is 3.92. The van der Waals surface area contributed by atoms with Gasteiger partial charge in [0.2, 0.25) is 0 Å². The molecule has 0 saturated heterocycles. The number of nitrogens with one attached hydrogen (secondary N) is 1. The second-order valence-electron chi connectivity index (χ2n) is 2.90. The first-order chi connectivity index (χ1) is 5.56. The van der Waals surface area contributed by atoms with Gasteiger partial charge >= 0.3 is 0 Å². The normalized spacial score (nSPS) is 10.3. The fourth-order valence-corrected chi connectivity index (χ4v) is 1.02. The van der Waals surface area contributed by atoms with Crippen molar-refractivity contribution in [2.24, 2.45) is 0 Å². The maximum atomic E-state index is 10.7. The Morgan fingerprint density at radius 3 is 1.83 bits per heavy atom. The van der Waals surface area contributed by atoms with E-state index in [0.717, 1.165) is 0 Å². The standard InChI is InChI=1S/C8H16N2O2/c1-7(11)4-10(6-9-3)5-8(2)12/h9H,4-6H2,1-3H3. The molecule has 12 heavy (non-hydrogen) atoms. The van der Waals surface area contributed by atoms with Gasteiger partial charge in [0.1, 0.15) is 11.6 Å². The van der Waals surface area contributed by atoms with E-state index in [1.165, 1.54) is 13.8 Å². The topological polar surface area (TPSA) is 49.4 Å². The van der Waals surface area contributed by atoms with Crippen LogP contribution in [0.15, 0.2) is 0 Å². The van der Waals surface area contributed by atoms with Crippen LogP contribution in [0, 0.1) is 0 Å². The van der Waals surface area contributed by atoms with Gasteiger partial charge in [-0.25, -0.2) is 0 Å². The summed E-state index contributed by atoms with van der Waals surface area (Å²) in [5, 5.41) is 2.90. The molecule has 0 fully saturated rings. The van der Waals surface area contributed by atoms with Crippen molar-refractivity contribution in [3.63, 3.8) is 0 Å². The first-order valence-corrected chi connectivity index (χ1v) is 3.92. The van der Waals surface area contributed by atoms with Crippen molar-refractivity contribution in [1.82, 2.24) is 10.2 Å². The molecule has 0 saturated carbocycles. The van der Waals surface area contributed by atoms with Gasteiger partial charge in [0.05, 0.1) is 13.1 Å². The highest BCUT2D eigenvalue weighted by Crippen LogP contribution is 1.86. The van der Waals surface area contributed by atoms with Gasteiger partial charge in [-0.1, -0.05) is 0 Å². The van der Waals surface area contributed by atoms with Gasteiger partial charge in [0.25, 0.3) is 0 Å². The molecular formula is C8H16N2O2. The molecule has 0 bridgehead atoms. The van der Waals surface area contributed by atoms with E-state index in [0.29, 0.717) is 19.8 Å². The third kappa shape index (κ3) is 6.00. The number of ketones is 2. The summed E-state index contributed by atoms with van der Waals surface area (Å²) >= 11 is 0. The van der Waals surface area contributed by atoms with E-state index in [2.05, 4.69) is 5.32 Å². The quantitative estimate of drug-likeness (QED) is 0.556. The third-order valence-corrected chi connectivity index (χ3v) is 1.27. The van der Waals surface area contributed by atoms with Crippen LogP contribution in [0.25, 0.3) is 0 Å². The predicted octanol–water partition coefficient (Wildman–Crippen LogP) is -0.357. The number of carbonyl (C=O) groups is 2. The van der Waals surface area contributed by atoms with E-state index < -0.39 is 0 Å². The number of nitrogens with zero attached hydrogens (tertiary/aromatic N) is 1. The molecule has 0 aromatic carbocycles. The van der Waals surface area contributed by atoms with Crippen molar-refractivity contribution in [3.05, 3.63) is 0 Å². The molecule has 0 atom stereocenters. The van der Waals surface area contributed by atoms with Crippen LogP contribution in [-0.4, -0.2) is 43.3 Å². The summed E-state index contributed by atoms with van der Waals surface area (Å²) in [4.78, 5) is 23.2. The highest BCUT2D eigenvalue weighted by Gasteiger charge is 2.07. The van der Waals surface area contributed by atoms with Gasteiger partial charge in [-0.05, 0) is 20.9 Å².